The summed E-state index contributed by atoms with van der Waals surface area (Å²) >= 11 is 5.81. The largest absolute Gasteiger partial charge is 0.443 e. The molecule has 0 aliphatic carbocycles. The van der Waals surface area contributed by atoms with Crippen LogP contribution < -0.4 is 5.73 Å². The van der Waals surface area contributed by atoms with Gasteiger partial charge < -0.3 is 4.74 Å². The van der Waals surface area contributed by atoms with Gasteiger partial charge in [0.15, 0.2) is 6.23 Å². The number of aryl methyl sites for hydroxylation is 1. The van der Waals surface area contributed by atoms with E-state index in [4.69, 9.17) is 22.1 Å². The van der Waals surface area contributed by atoms with Crippen LogP contribution in [0.2, 0.25) is 5.02 Å². The highest BCUT2D eigenvalue weighted by Crippen LogP contribution is 2.12. The summed E-state index contributed by atoms with van der Waals surface area (Å²) in [6, 6.07) is 14.5. The average Bonchev–Trinajstić information content (AvgIpc) is 2.42. The zero-order chi connectivity index (χ0) is 14.5. The van der Waals surface area contributed by atoms with Crippen LogP contribution in [-0.2, 0) is 11.2 Å². The fourth-order valence-corrected chi connectivity index (χ4v) is 1.92. The van der Waals surface area contributed by atoms with Crippen molar-refractivity contribution in [2.75, 3.05) is 0 Å². The summed E-state index contributed by atoms with van der Waals surface area (Å²) in [6.07, 6.45) is -0.223. The van der Waals surface area contributed by atoms with Crippen molar-refractivity contribution < 1.29 is 9.53 Å². The molecule has 0 fully saturated rings. The minimum Gasteiger partial charge on any atom is -0.443 e. The van der Waals surface area contributed by atoms with Crippen LogP contribution in [0.25, 0.3) is 0 Å². The van der Waals surface area contributed by atoms with Crippen molar-refractivity contribution in [3.05, 3.63) is 70.2 Å². The van der Waals surface area contributed by atoms with Crippen molar-refractivity contribution >= 4 is 17.6 Å². The van der Waals surface area contributed by atoms with E-state index in [1.807, 2.05) is 31.2 Å². The Balaban J connectivity index is 1.93. The first-order valence-electron chi connectivity index (χ1n) is 6.32. The first kappa shape index (κ1) is 14.6. The second-order valence-electron chi connectivity index (χ2n) is 4.64. The quantitative estimate of drug-likeness (QED) is 0.694. The average molecular weight is 290 g/mol. The monoisotopic (exact) mass is 289 g/mol. The molecule has 0 radical (unpaired) electrons. The Labute approximate surface area is 123 Å². The second-order valence-corrected chi connectivity index (χ2v) is 5.08. The van der Waals surface area contributed by atoms with Gasteiger partial charge in [-0.1, -0.05) is 41.4 Å². The van der Waals surface area contributed by atoms with Crippen LogP contribution in [0.4, 0.5) is 0 Å². The van der Waals surface area contributed by atoms with Gasteiger partial charge in [-0.15, -0.1) is 0 Å². The third-order valence-electron chi connectivity index (χ3n) is 2.90. The molecule has 0 heterocycles. The van der Waals surface area contributed by atoms with Crippen molar-refractivity contribution in [3.8, 4) is 0 Å². The lowest BCUT2D eigenvalue weighted by Crippen LogP contribution is -2.29. The van der Waals surface area contributed by atoms with Crippen molar-refractivity contribution in [1.29, 1.82) is 0 Å². The van der Waals surface area contributed by atoms with Crippen molar-refractivity contribution in [2.24, 2.45) is 5.73 Å². The maximum absolute atomic E-state index is 11.9. The minimum absolute atomic E-state index is 0.411. The molecule has 0 aromatic heterocycles. The molecule has 0 aliphatic heterocycles. The van der Waals surface area contributed by atoms with Crippen LogP contribution >= 0.6 is 11.6 Å². The zero-order valence-corrected chi connectivity index (χ0v) is 11.9. The van der Waals surface area contributed by atoms with Gasteiger partial charge in [0.25, 0.3) is 0 Å². The molecule has 4 heteroatoms. The van der Waals surface area contributed by atoms with Crippen LogP contribution in [-0.4, -0.2) is 12.2 Å². The van der Waals surface area contributed by atoms with Crippen molar-refractivity contribution in [3.63, 3.8) is 0 Å². The van der Waals surface area contributed by atoms with Gasteiger partial charge in [-0.3, -0.25) is 5.73 Å². The molecule has 0 amide bonds. The maximum Gasteiger partial charge on any atom is 0.339 e. The van der Waals surface area contributed by atoms with E-state index in [-0.39, 0.29) is 0 Å². The summed E-state index contributed by atoms with van der Waals surface area (Å²) in [5.41, 5.74) is 8.40. The number of carbonyl (C=O) groups excluding carboxylic acids is 1. The Hall–Kier alpha value is -1.84. The van der Waals surface area contributed by atoms with Gasteiger partial charge in [-0.2, -0.15) is 0 Å². The predicted octanol–water partition coefficient (Wildman–Crippen LogP) is 3.33. The summed E-state index contributed by atoms with van der Waals surface area (Å²) in [5.74, 6) is -0.411. The van der Waals surface area contributed by atoms with Crippen LogP contribution in [0.5, 0.6) is 0 Å². The molecule has 2 aromatic carbocycles. The first-order chi connectivity index (χ1) is 9.54. The van der Waals surface area contributed by atoms with Crippen LogP contribution in [0.3, 0.4) is 0 Å². The Morgan fingerprint density at radius 1 is 1.15 bits per heavy atom. The third kappa shape index (κ3) is 4.08. The van der Waals surface area contributed by atoms with Gasteiger partial charge in [0.1, 0.15) is 0 Å². The van der Waals surface area contributed by atoms with Gasteiger partial charge in [-0.05, 0) is 36.8 Å². The molecule has 0 bridgehead atoms. The number of hydrogen-bond acceptors (Lipinski definition) is 3. The highest BCUT2D eigenvalue weighted by atomic mass is 35.5. The Kier molecular flexibility index (Phi) is 4.77. The van der Waals surface area contributed by atoms with Gasteiger partial charge in [-0.25, -0.2) is 4.79 Å². The fourth-order valence-electron chi connectivity index (χ4n) is 1.79. The van der Waals surface area contributed by atoms with E-state index in [1.165, 1.54) is 0 Å². The molecular weight excluding hydrogens is 274 g/mol. The lowest BCUT2D eigenvalue weighted by molar-refractivity contribution is 0.0317. The number of carbonyl (C=O) groups is 1. The Morgan fingerprint density at radius 2 is 1.75 bits per heavy atom. The number of nitrogens with two attached hydrogens (primary N) is 1. The van der Waals surface area contributed by atoms with Gasteiger partial charge >= 0.3 is 5.97 Å². The Morgan fingerprint density at radius 3 is 2.35 bits per heavy atom. The fraction of sp³-hybridized carbons (Fsp3) is 0.188. The van der Waals surface area contributed by atoms with Gasteiger partial charge in [0.05, 0.1) is 5.56 Å². The van der Waals surface area contributed by atoms with Gasteiger partial charge in [0, 0.05) is 11.4 Å². The van der Waals surface area contributed by atoms with E-state index in [9.17, 15) is 4.79 Å². The first-order valence-corrected chi connectivity index (χ1v) is 6.70. The maximum atomic E-state index is 11.9. The summed E-state index contributed by atoms with van der Waals surface area (Å²) in [5, 5.41) is 0.666. The SMILES string of the molecule is Cc1ccc(C(=O)OC(N)Cc2ccc(Cl)cc2)cc1. The lowest BCUT2D eigenvalue weighted by Gasteiger charge is -2.13. The van der Waals surface area contributed by atoms with E-state index in [0.717, 1.165) is 11.1 Å². The topological polar surface area (TPSA) is 52.3 Å². The van der Waals surface area contributed by atoms with Crippen molar-refractivity contribution in [2.45, 2.75) is 19.6 Å². The summed E-state index contributed by atoms with van der Waals surface area (Å²) in [6.45, 7) is 1.96. The molecule has 20 heavy (non-hydrogen) atoms. The molecule has 2 rings (SSSR count). The summed E-state index contributed by atoms with van der Waals surface area (Å²) < 4.78 is 5.22. The molecule has 2 aromatic rings. The smallest absolute Gasteiger partial charge is 0.339 e. The number of hydrogen-bond donors (Lipinski definition) is 1. The van der Waals surface area contributed by atoms with Crippen molar-refractivity contribution in [1.82, 2.24) is 0 Å². The number of ether oxygens (including phenoxy) is 1. The molecule has 2 N–H and O–H groups in total. The number of esters is 1. The molecule has 1 atom stereocenters. The standard InChI is InChI=1S/C16H16ClNO2/c1-11-2-6-13(7-3-11)16(19)20-15(18)10-12-4-8-14(17)9-5-12/h2-9,15H,10,18H2,1H3. The van der Waals surface area contributed by atoms with E-state index in [0.29, 0.717) is 17.0 Å². The zero-order valence-electron chi connectivity index (χ0n) is 11.2. The van der Waals surface area contributed by atoms with Crippen LogP contribution in [0.15, 0.2) is 48.5 Å². The third-order valence-corrected chi connectivity index (χ3v) is 3.15. The Bertz CT molecular complexity index is 578. The minimum atomic E-state index is -0.676. The molecule has 0 aliphatic rings. The van der Waals surface area contributed by atoms with E-state index < -0.39 is 12.2 Å². The van der Waals surface area contributed by atoms with Crippen LogP contribution in [0.1, 0.15) is 21.5 Å². The molecule has 1 unspecified atom stereocenters. The molecule has 0 saturated heterocycles. The van der Waals surface area contributed by atoms with E-state index in [2.05, 4.69) is 0 Å². The molecule has 0 spiro atoms. The summed E-state index contributed by atoms with van der Waals surface area (Å²) in [4.78, 5) is 11.9. The highest BCUT2D eigenvalue weighted by molar-refractivity contribution is 6.30. The van der Waals surface area contributed by atoms with Crippen LogP contribution in [0, 0.1) is 6.92 Å². The predicted molar refractivity (Wildman–Crippen MR) is 79.7 cm³/mol. The van der Waals surface area contributed by atoms with E-state index >= 15 is 0 Å². The molecule has 0 saturated carbocycles. The van der Waals surface area contributed by atoms with Gasteiger partial charge in [0.2, 0.25) is 0 Å². The normalized spacial score (nSPS) is 11.9. The molecule has 104 valence electrons. The second kappa shape index (κ2) is 6.55. The number of benzene rings is 2. The van der Waals surface area contributed by atoms with E-state index in [1.54, 1.807) is 24.3 Å². The molecule has 3 nitrogen and oxygen atoms in total. The lowest BCUT2D eigenvalue weighted by atomic mass is 10.1. The molecular formula is C16H16ClNO2. The number of rotatable bonds is 4. The number of halogens is 1. The summed E-state index contributed by atoms with van der Waals surface area (Å²) in [7, 11) is 0. The highest BCUT2D eigenvalue weighted by Gasteiger charge is 2.12.